The lowest BCUT2D eigenvalue weighted by Crippen LogP contribution is -2.55. The lowest BCUT2D eigenvalue weighted by Gasteiger charge is -2.23. The van der Waals surface area contributed by atoms with Gasteiger partial charge in [-0.1, -0.05) is 54.6 Å². The van der Waals surface area contributed by atoms with Crippen molar-refractivity contribution in [3.8, 4) is 0 Å². The van der Waals surface area contributed by atoms with E-state index in [1.165, 1.54) is 0 Å². The lowest BCUT2D eigenvalue weighted by atomic mass is 9.90. The summed E-state index contributed by atoms with van der Waals surface area (Å²) < 4.78 is 31.7. The number of alkyl halides is 3. The number of carbonyl (C=O) groups excluding carboxylic acids is 3. The van der Waals surface area contributed by atoms with Crippen molar-refractivity contribution in [3.05, 3.63) is 71.3 Å². The zero-order valence-corrected chi connectivity index (χ0v) is 23.4. The molecular formula is C27H35F3N8O6. The van der Waals surface area contributed by atoms with Gasteiger partial charge < -0.3 is 43.8 Å². The first-order valence-corrected chi connectivity index (χ1v) is 12.9. The van der Waals surface area contributed by atoms with Gasteiger partial charge in [-0.3, -0.25) is 24.8 Å². The fraction of sp³-hybridized carbons (Fsp3) is 0.333. The highest BCUT2D eigenvalue weighted by Gasteiger charge is 2.38. The summed E-state index contributed by atoms with van der Waals surface area (Å²) in [5.74, 6) is -5.60. The van der Waals surface area contributed by atoms with E-state index in [2.05, 4.69) is 15.6 Å². The molecule has 2 aromatic rings. The average Bonchev–Trinajstić information content (AvgIpc) is 2.96. The van der Waals surface area contributed by atoms with Crippen LogP contribution in [0.1, 0.15) is 35.4 Å². The summed E-state index contributed by atoms with van der Waals surface area (Å²) in [6.07, 6.45) is -4.24. The molecule has 0 aliphatic rings. The number of carboxylic acid groups (broad SMARTS) is 1. The first-order chi connectivity index (χ1) is 20.6. The van der Waals surface area contributed by atoms with Gasteiger partial charge in [0.1, 0.15) is 17.9 Å². The highest BCUT2D eigenvalue weighted by atomic mass is 19.4. The van der Waals surface area contributed by atoms with Gasteiger partial charge in [0.05, 0.1) is 12.5 Å². The van der Waals surface area contributed by atoms with E-state index in [-0.39, 0.29) is 24.8 Å². The summed E-state index contributed by atoms with van der Waals surface area (Å²) >= 11 is 0. The van der Waals surface area contributed by atoms with Gasteiger partial charge in [0.25, 0.3) is 0 Å². The number of carboxylic acids is 1. The van der Waals surface area contributed by atoms with E-state index in [1.807, 2.05) is 6.07 Å². The van der Waals surface area contributed by atoms with Crippen LogP contribution in [0.4, 0.5) is 13.2 Å². The Bertz CT molecular complexity index is 1300. The molecule has 14 nitrogen and oxygen atoms in total. The molecule has 0 bridgehead atoms. The molecule has 240 valence electrons. The number of amidine groups is 1. The van der Waals surface area contributed by atoms with E-state index in [9.17, 15) is 32.7 Å². The van der Waals surface area contributed by atoms with E-state index in [0.717, 1.165) is 5.56 Å². The molecule has 2 rings (SSSR count). The topological polar surface area (TPSA) is 273 Å². The van der Waals surface area contributed by atoms with Gasteiger partial charge in [-0.15, -0.1) is 0 Å². The van der Waals surface area contributed by atoms with Crippen molar-refractivity contribution in [2.75, 3.05) is 13.2 Å². The Kier molecular flexibility index (Phi) is 14.8. The predicted molar refractivity (Wildman–Crippen MR) is 154 cm³/mol. The molecule has 0 saturated heterocycles. The summed E-state index contributed by atoms with van der Waals surface area (Å²) in [5.41, 5.74) is 23.5. The maximum absolute atomic E-state index is 13.3. The number of rotatable bonds is 14. The average molecular weight is 625 g/mol. The van der Waals surface area contributed by atoms with E-state index < -0.39 is 54.5 Å². The molecule has 0 aliphatic heterocycles. The summed E-state index contributed by atoms with van der Waals surface area (Å²) in [6, 6.07) is 13.6. The second-order valence-electron chi connectivity index (χ2n) is 9.24. The second-order valence-corrected chi connectivity index (χ2v) is 9.24. The molecule has 17 heteroatoms. The normalized spacial score (nSPS) is 12.7. The number of amides is 3. The Morgan fingerprint density at radius 3 is 1.89 bits per heavy atom. The van der Waals surface area contributed by atoms with Crippen LogP contribution in [0.25, 0.3) is 0 Å². The van der Waals surface area contributed by atoms with Crippen LogP contribution in [0.3, 0.4) is 0 Å². The number of aliphatic carboxylic acids is 1. The standard InChI is InChI=1S/C25H34N8O4.C2HF3O2/c26-21(27)17-10-8-15(9-11-17)13-18(16-5-2-1-3-6-16)23(36)33-20(14-34)24(37)32-19(22(28)35)7-4-12-31-25(29)30;3-2(4,5)1(6)7/h1-3,5-6,8-11,18-20,34H,4,7,12-14H2,(H3,26,27)(H2,28,35)(H,32,37)(H,33,36)(H4,29,30,31);(H,6,7)/t18-,19+,20+;/m1./s1. The van der Waals surface area contributed by atoms with Crippen LogP contribution in [0.15, 0.2) is 59.6 Å². The summed E-state index contributed by atoms with van der Waals surface area (Å²) in [5, 5.41) is 29.5. The number of nitrogens with zero attached hydrogens (tertiary/aromatic N) is 1. The number of carbonyl (C=O) groups is 4. The number of hydrogen-bond acceptors (Lipinski definition) is 7. The van der Waals surface area contributed by atoms with Gasteiger partial charge >= 0.3 is 12.1 Å². The number of nitrogens with two attached hydrogens (primary N) is 4. The first-order valence-electron chi connectivity index (χ1n) is 12.9. The summed E-state index contributed by atoms with van der Waals surface area (Å²) in [4.78, 5) is 50.6. The number of aliphatic imine (C=N–C) groups is 1. The predicted octanol–water partition coefficient (Wildman–Crippen LogP) is -0.569. The third-order valence-corrected chi connectivity index (χ3v) is 5.89. The first kappa shape index (κ1) is 36.8. The Morgan fingerprint density at radius 2 is 1.43 bits per heavy atom. The fourth-order valence-electron chi connectivity index (χ4n) is 3.63. The number of guanidine groups is 1. The van der Waals surface area contributed by atoms with Crippen LogP contribution in [0.5, 0.6) is 0 Å². The Labute approximate surface area is 250 Å². The zero-order valence-electron chi connectivity index (χ0n) is 23.4. The number of primary amides is 1. The van der Waals surface area contributed by atoms with Crippen molar-refractivity contribution in [1.29, 1.82) is 5.41 Å². The van der Waals surface area contributed by atoms with Gasteiger partial charge in [0, 0.05) is 12.1 Å². The number of aliphatic hydroxyl groups excluding tert-OH is 1. The Morgan fingerprint density at radius 1 is 0.886 bits per heavy atom. The van der Waals surface area contributed by atoms with Crippen molar-refractivity contribution in [3.63, 3.8) is 0 Å². The van der Waals surface area contributed by atoms with Gasteiger partial charge in [-0.05, 0) is 30.4 Å². The minimum Gasteiger partial charge on any atom is -0.475 e. The zero-order chi connectivity index (χ0) is 33.4. The van der Waals surface area contributed by atoms with Crippen LogP contribution in [0.2, 0.25) is 0 Å². The molecule has 0 aliphatic carbocycles. The van der Waals surface area contributed by atoms with E-state index in [1.54, 1.807) is 48.5 Å². The van der Waals surface area contributed by atoms with Crippen LogP contribution >= 0.6 is 0 Å². The Hall–Kier alpha value is -5.19. The van der Waals surface area contributed by atoms with Crippen molar-refractivity contribution >= 4 is 35.5 Å². The van der Waals surface area contributed by atoms with Crippen molar-refractivity contribution < 1.29 is 42.6 Å². The van der Waals surface area contributed by atoms with E-state index in [4.69, 9.17) is 38.2 Å². The molecule has 0 spiro atoms. The molecular weight excluding hydrogens is 589 g/mol. The van der Waals surface area contributed by atoms with E-state index >= 15 is 0 Å². The smallest absolute Gasteiger partial charge is 0.475 e. The van der Waals surface area contributed by atoms with Crippen LogP contribution in [-0.2, 0) is 25.6 Å². The molecule has 3 atom stereocenters. The van der Waals surface area contributed by atoms with E-state index in [0.29, 0.717) is 24.0 Å². The minimum absolute atomic E-state index is 0.0637. The molecule has 0 heterocycles. The number of halogens is 3. The molecule has 0 radical (unpaired) electrons. The van der Waals surface area contributed by atoms with Crippen LogP contribution < -0.4 is 33.6 Å². The highest BCUT2D eigenvalue weighted by Crippen LogP contribution is 2.22. The van der Waals surface area contributed by atoms with Gasteiger partial charge in [0.15, 0.2) is 5.96 Å². The van der Waals surface area contributed by atoms with Crippen molar-refractivity contribution in [1.82, 2.24) is 10.6 Å². The van der Waals surface area contributed by atoms with Crippen molar-refractivity contribution in [2.24, 2.45) is 27.9 Å². The second kappa shape index (κ2) is 17.7. The van der Waals surface area contributed by atoms with Gasteiger partial charge in [0.2, 0.25) is 17.7 Å². The van der Waals surface area contributed by atoms with Crippen LogP contribution in [0, 0.1) is 5.41 Å². The van der Waals surface area contributed by atoms with Crippen LogP contribution in [-0.4, -0.2) is 77.1 Å². The Balaban J connectivity index is 0.00000123. The molecule has 13 N–H and O–H groups in total. The molecule has 3 amide bonds. The fourth-order valence-corrected chi connectivity index (χ4v) is 3.63. The third kappa shape index (κ3) is 13.2. The summed E-state index contributed by atoms with van der Waals surface area (Å²) in [6.45, 7) is -0.444. The van der Waals surface area contributed by atoms with Gasteiger partial charge in [-0.25, -0.2) is 4.79 Å². The number of hydrogen-bond donors (Lipinski definition) is 9. The maximum atomic E-state index is 13.3. The number of aliphatic hydroxyl groups is 1. The van der Waals surface area contributed by atoms with Gasteiger partial charge in [-0.2, -0.15) is 13.2 Å². The maximum Gasteiger partial charge on any atom is 0.490 e. The molecule has 44 heavy (non-hydrogen) atoms. The number of nitrogen functional groups attached to an aromatic ring is 1. The molecule has 0 saturated carbocycles. The molecule has 0 aromatic heterocycles. The highest BCUT2D eigenvalue weighted by molar-refractivity contribution is 5.95. The quantitative estimate of drug-likeness (QED) is 0.0738. The molecule has 0 fully saturated rings. The lowest BCUT2D eigenvalue weighted by molar-refractivity contribution is -0.192. The van der Waals surface area contributed by atoms with Crippen molar-refractivity contribution in [2.45, 2.75) is 43.4 Å². The molecule has 2 aromatic carbocycles. The monoisotopic (exact) mass is 624 g/mol. The number of nitrogens with one attached hydrogen (secondary N) is 3. The largest absolute Gasteiger partial charge is 0.490 e. The summed E-state index contributed by atoms with van der Waals surface area (Å²) in [7, 11) is 0. The molecule has 0 unspecified atom stereocenters. The third-order valence-electron chi connectivity index (χ3n) is 5.89. The number of benzene rings is 2. The minimum atomic E-state index is -5.08. The SMILES string of the molecule is N=C(N)c1ccc(C[C@@H](C(=O)N[C@@H](CO)C(=O)N[C@@H](CCCN=C(N)N)C(N)=O)c2ccccc2)cc1.O=C(O)C(F)(F)F.